The molecule has 0 aliphatic rings. The van der Waals surface area contributed by atoms with Gasteiger partial charge in [-0.15, -0.1) is 0 Å². The lowest BCUT2D eigenvalue weighted by atomic mass is 10.1. The van der Waals surface area contributed by atoms with E-state index in [4.69, 9.17) is 9.84 Å². The molecule has 0 saturated carbocycles. The minimum atomic E-state index is -1.03. The first-order valence-electron chi connectivity index (χ1n) is 4.69. The number of carbonyl (C=O) groups is 2. The third-order valence-corrected chi connectivity index (χ3v) is 1.73. The molecule has 1 unspecified atom stereocenters. The van der Waals surface area contributed by atoms with E-state index in [1.807, 2.05) is 6.92 Å². The number of hydrogen-bond acceptors (Lipinski definition) is 4. The van der Waals surface area contributed by atoms with Crippen LogP contribution in [0.25, 0.3) is 0 Å². The Balaban J connectivity index is 4.70. The highest BCUT2D eigenvalue weighted by Crippen LogP contribution is 2.11. The van der Waals surface area contributed by atoms with Crippen LogP contribution in [0.5, 0.6) is 0 Å². The van der Waals surface area contributed by atoms with E-state index in [-0.39, 0.29) is 12.2 Å². The summed E-state index contributed by atoms with van der Waals surface area (Å²) in [6.45, 7) is 1.72. The van der Waals surface area contributed by atoms with Crippen molar-refractivity contribution in [3.63, 3.8) is 0 Å². The summed E-state index contributed by atoms with van der Waals surface area (Å²) in [7, 11) is 3.46. The van der Waals surface area contributed by atoms with Gasteiger partial charge in [0.15, 0.2) is 0 Å². The van der Waals surface area contributed by atoms with Crippen molar-refractivity contribution in [1.82, 2.24) is 4.90 Å². The Morgan fingerprint density at radius 1 is 1.53 bits per heavy atom. The van der Waals surface area contributed by atoms with Crippen LogP contribution in [-0.2, 0) is 14.3 Å². The molecule has 0 saturated heterocycles. The average Bonchev–Trinajstić information content (AvgIpc) is 2.16. The SMILES string of the molecule is CCC(OCC=O)C(=CN(C)C)C(=O)O. The van der Waals surface area contributed by atoms with Crippen LogP contribution in [0.2, 0.25) is 0 Å². The van der Waals surface area contributed by atoms with Gasteiger partial charge in [-0.25, -0.2) is 4.79 Å². The summed E-state index contributed by atoms with van der Waals surface area (Å²) in [5.41, 5.74) is 0.157. The lowest BCUT2D eigenvalue weighted by Crippen LogP contribution is -2.24. The molecule has 0 aliphatic heterocycles. The molecule has 0 bridgehead atoms. The van der Waals surface area contributed by atoms with Crippen LogP contribution in [0.3, 0.4) is 0 Å². The summed E-state index contributed by atoms with van der Waals surface area (Å²) < 4.78 is 5.12. The van der Waals surface area contributed by atoms with Crippen molar-refractivity contribution in [3.05, 3.63) is 11.8 Å². The monoisotopic (exact) mass is 215 g/mol. The molecule has 0 radical (unpaired) electrons. The lowest BCUT2D eigenvalue weighted by Gasteiger charge is -2.17. The second kappa shape index (κ2) is 7.00. The maximum atomic E-state index is 10.9. The largest absolute Gasteiger partial charge is 0.478 e. The fraction of sp³-hybridized carbons (Fsp3) is 0.600. The standard InChI is InChI=1S/C10H17NO4/c1-4-9(15-6-5-12)8(10(13)14)7-11(2)3/h5,7,9H,4,6H2,1-3H3,(H,13,14). The maximum absolute atomic E-state index is 10.9. The molecule has 5 heteroatoms. The quantitative estimate of drug-likeness (QED) is 0.495. The zero-order valence-corrected chi connectivity index (χ0v) is 9.27. The fourth-order valence-electron chi connectivity index (χ4n) is 1.14. The Kier molecular flexibility index (Phi) is 6.37. The van der Waals surface area contributed by atoms with Gasteiger partial charge < -0.3 is 19.5 Å². The molecule has 5 nitrogen and oxygen atoms in total. The van der Waals surface area contributed by atoms with E-state index in [1.165, 1.54) is 6.20 Å². The fourth-order valence-corrected chi connectivity index (χ4v) is 1.14. The molecule has 0 amide bonds. The van der Waals surface area contributed by atoms with Gasteiger partial charge in [0.05, 0.1) is 11.7 Å². The minimum Gasteiger partial charge on any atom is -0.478 e. The molecule has 86 valence electrons. The minimum absolute atomic E-state index is 0.0868. The number of aldehydes is 1. The topological polar surface area (TPSA) is 66.8 Å². The van der Waals surface area contributed by atoms with Crippen molar-refractivity contribution in [2.24, 2.45) is 0 Å². The van der Waals surface area contributed by atoms with E-state index in [0.29, 0.717) is 12.7 Å². The zero-order chi connectivity index (χ0) is 11.8. The van der Waals surface area contributed by atoms with Crippen LogP contribution in [0.15, 0.2) is 11.8 Å². The van der Waals surface area contributed by atoms with Crippen LogP contribution in [0, 0.1) is 0 Å². The smallest absolute Gasteiger partial charge is 0.335 e. The third kappa shape index (κ3) is 5.17. The molecule has 1 N–H and O–H groups in total. The first-order valence-corrected chi connectivity index (χ1v) is 4.69. The van der Waals surface area contributed by atoms with Crippen molar-refractivity contribution in [2.75, 3.05) is 20.7 Å². The van der Waals surface area contributed by atoms with Crippen LogP contribution in [0.4, 0.5) is 0 Å². The van der Waals surface area contributed by atoms with Crippen LogP contribution < -0.4 is 0 Å². The van der Waals surface area contributed by atoms with E-state index in [1.54, 1.807) is 19.0 Å². The molecule has 0 aromatic carbocycles. The lowest BCUT2D eigenvalue weighted by molar-refractivity contribution is -0.135. The first-order chi connectivity index (χ1) is 7.02. The van der Waals surface area contributed by atoms with Gasteiger partial charge in [0.25, 0.3) is 0 Å². The Hall–Kier alpha value is -1.36. The Morgan fingerprint density at radius 3 is 2.47 bits per heavy atom. The van der Waals surface area contributed by atoms with Crippen LogP contribution in [-0.4, -0.2) is 49.1 Å². The number of rotatable bonds is 7. The number of ether oxygens (including phenoxy) is 1. The van der Waals surface area contributed by atoms with Crippen molar-refractivity contribution in [3.8, 4) is 0 Å². The molecule has 15 heavy (non-hydrogen) atoms. The van der Waals surface area contributed by atoms with E-state index < -0.39 is 12.1 Å². The summed E-state index contributed by atoms with van der Waals surface area (Å²) in [6.07, 6.45) is 2.06. The number of hydrogen-bond donors (Lipinski definition) is 1. The molecular weight excluding hydrogens is 198 g/mol. The van der Waals surface area contributed by atoms with E-state index >= 15 is 0 Å². The van der Waals surface area contributed by atoms with Gasteiger partial charge in [0, 0.05) is 20.3 Å². The summed E-state index contributed by atoms with van der Waals surface area (Å²) in [5, 5.41) is 8.96. The molecule has 1 atom stereocenters. The second-order valence-electron chi connectivity index (χ2n) is 3.25. The number of carboxylic acids is 1. The summed E-state index contributed by atoms with van der Waals surface area (Å²) in [4.78, 5) is 22.7. The van der Waals surface area contributed by atoms with Crippen LogP contribution in [0.1, 0.15) is 13.3 Å². The molecule has 0 heterocycles. The normalized spacial score (nSPS) is 13.4. The summed E-state index contributed by atoms with van der Waals surface area (Å²) in [6, 6.07) is 0. The Bertz CT molecular complexity index is 248. The summed E-state index contributed by atoms with van der Waals surface area (Å²) in [5.74, 6) is -1.03. The van der Waals surface area contributed by atoms with Gasteiger partial charge in [-0.3, -0.25) is 0 Å². The number of carboxylic acid groups (broad SMARTS) is 1. The molecular formula is C10H17NO4. The third-order valence-electron chi connectivity index (χ3n) is 1.73. The van der Waals surface area contributed by atoms with E-state index in [0.717, 1.165) is 0 Å². The van der Waals surface area contributed by atoms with Crippen molar-refractivity contribution in [2.45, 2.75) is 19.4 Å². The first kappa shape index (κ1) is 13.6. The van der Waals surface area contributed by atoms with Gasteiger partial charge >= 0.3 is 5.97 Å². The number of aliphatic carboxylic acids is 1. The zero-order valence-electron chi connectivity index (χ0n) is 9.27. The van der Waals surface area contributed by atoms with E-state index in [2.05, 4.69) is 0 Å². The second-order valence-corrected chi connectivity index (χ2v) is 3.25. The van der Waals surface area contributed by atoms with Gasteiger partial charge in [-0.1, -0.05) is 6.92 Å². The van der Waals surface area contributed by atoms with Gasteiger partial charge in [0.2, 0.25) is 0 Å². The highest BCUT2D eigenvalue weighted by Gasteiger charge is 2.19. The van der Waals surface area contributed by atoms with Crippen molar-refractivity contribution in [1.29, 1.82) is 0 Å². The van der Waals surface area contributed by atoms with Gasteiger partial charge in [0.1, 0.15) is 12.9 Å². The molecule has 0 aromatic rings. The Labute approximate surface area is 89.3 Å². The van der Waals surface area contributed by atoms with E-state index in [9.17, 15) is 9.59 Å². The van der Waals surface area contributed by atoms with Gasteiger partial charge in [-0.05, 0) is 6.42 Å². The molecule has 0 fully saturated rings. The Morgan fingerprint density at radius 2 is 2.13 bits per heavy atom. The summed E-state index contributed by atoms with van der Waals surface area (Å²) >= 11 is 0. The number of nitrogens with zero attached hydrogens (tertiary/aromatic N) is 1. The van der Waals surface area contributed by atoms with Crippen molar-refractivity contribution >= 4 is 12.3 Å². The highest BCUT2D eigenvalue weighted by molar-refractivity contribution is 5.87. The van der Waals surface area contributed by atoms with Crippen LogP contribution >= 0.6 is 0 Å². The predicted molar refractivity (Wildman–Crippen MR) is 55.5 cm³/mol. The molecule has 0 spiro atoms. The molecule has 0 aromatic heterocycles. The predicted octanol–water partition coefficient (Wildman–Crippen LogP) is 0.511. The molecule has 0 aliphatic carbocycles. The van der Waals surface area contributed by atoms with Gasteiger partial charge in [-0.2, -0.15) is 0 Å². The highest BCUT2D eigenvalue weighted by atomic mass is 16.5. The maximum Gasteiger partial charge on any atom is 0.335 e. The number of carbonyl (C=O) groups excluding carboxylic acids is 1. The average molecular weight is 215 g/mol. The molecule has 0 rings (SSSR count). The van der Waals surface area contributed by atoms with Crippen molar-refractivity contribution < 1.29 is 19.4 Å².